The first-order valence-electron chi connectivity index (χ1n) is 28.9. The van der Waals surface area contributed by atoms with Crippen molar-refractivity contribution in [3.63, 3.8) is 0 Å². The second-order valence-electron chi connectivity index (χ2n) is 20.9. The average molecular weight is 948 g/mol. The normalized spacial score (nSPS) is 12.9. The lowest BCUT2D eigenvalue weighted by molar-refractivity contribution is -0.887. The molecule has 0 fully saturated rings. The van der Waals surface area contributed by atoms with Crippen molar-refractivity contribution in [1.82, 2.24) is 0 Å². The van der Waals surface area contributed by atoms with Gasteiger partial charge in [0.15, 0.2) is 12.1 Å². The van der Waals surface area contributed by atoms with Crippen molar-refractivity contribution in [1.29, 1.82) is 0 Å². The van der Waals surface area contributed by atoms with Gasteiger partial charge in [0.2, 0.25) is 0 Å². The maximum absolute atomic E-state index is 12.8. The zero-order valence-electron chi connectivity index (χ0n) is 45.1. The highest BCUT2D eigenvalue weighted by Crippen LogP contribution is 2.17. The standard InChI is InChI=1S/C59H111NO7/c1-6-8-10-12-14-16-18-20-22-24-26-27-28-29-30-32-33-35-37-39-41-43-45-47-49-57(61)66-54-55(53-65-52-51-56(59(63)64)60(3,4)5)67-58(62)50-48-46-44-42-40-38-36-34-31-25-23-21-19-17-15-13-11-9-7-2/h15,17,21,23,55-56H,6-14,16,18-20,22,24-54H2,1-5H3/p+1/b17-15-,23-21-. The third kappa shape index (κ3) is 48.6. The van der Waals surface area contributed by atoms with Gasteiger partial charge < -0.3 is 23.8 Å². The topological polar surface area (TPSA) is 99.1 Å². The summed E-state index contributed by atoms with van der Waals surface area (Å²) in [6, 6.07) is -0.614. The minimum absolute atomic E-state index is 0.0471. The van der Waals surface area contributed by atoms with E-state index in [4.69, 9.17) is 14.2 Å². The van der Waals surface area contributed by atoms with Crippen LogP contribution in [0.4, 0.5) is 0 Å². The molecule has 0 spiro atoms. The summed E-state index contributed by atoms with van der Waals surface area (Å²) in [5.41, 5.74) is 0. The molecule has 0 aliphatic heterocycles. The summed E-state index contributed by atoms with van der Waals surface area (Å²) in [6.45, 7) is 4.77. The largest absolute Gasteiger partial charge is 0.477 e. The van der Waals surface area contributed by atoms with Crippen LogP contribution in [-0.4, -0.2) is 80.6 Å². The van der Waals surface area contributed by atoms with Crippen LogP contribution in [-0.2, 0) is 28.6 Å². The van der Waals surface area contributed by atoms with Gasteiger partial charge >= 0.3 is 17.9 Å². The summed E-state index contributed by atoms with van der Waals surface area (Å²) in [7, 11) is 5.55. The predicted molar refractivity (Wildman–Crippen MR) is 285 cm³/mol. The highest BCUT2D eigenvalue weighted by Gasteiger charge is 2.31. The zero-order chi connectivity index (χ0) is 49.2. The van der Waals surface area contributed by atoms with Gasteiger partial charge in [0.05, 0.1) is 34.4 Å². The number of rotatable bonds is 53. The van der Waals surface area contributed by atoms with Gasteiger partial charge in [0.1, 0.15) is 6.61 Å². The van der Waals surface area contributed by atoms with Crippen molar-refractivity contribution >= 4 is 17.9 Å². The second-order valence-corrected chi connectivity index (χ2v) is 20.9. The fourth-order valence-corrected chi connectivity index (χ4v) is 8.89. The van der Waals surface area contributed by atoms with Crippen LogP contribution in [0.25, 0.3) is 0 Å². The smallest absolute Gasteiger partial charge is 0.362 e. The number of nitrogens with zero attached hydrogens (tertiary/aromatic N) is 1. The van der Waals surface area contributed by atoms with Gasteiger partial charge in [-0.05, 0) is 44.9 Å². The molecular weight excluding hydrogens is 835 g/mol. The molecule has 2 atom stereocenters. The summed E-state index contributed by atoms with van der Waals surface area (Å²) in [5.74, 6) is -1.45. The summed E-state index contributed by atoms with van der Waals surface area (Å²) in [6.07, 6.45) is 59.5. The van der Waals surface area contributed by atoms with Crippen LogP contribution < -0.4 is 0 Å². The van der Waals surface area contributed by atoms with E-state index in [0.29, 0.717) is 19.3 Å². The highest BCUT2D eigenvalue weighted by molar-refractivity contribution is 5.72. The quantitative estimate of drug-likeness (QED) is 0.0281. The molecule has 0 aromatic carbocycles. The molecule has 8 nitrogen and oxygen atoms in total. The minimum Gasteiger partial charge on any atom is -0.477 e. The predicted octanol–water partition coefficient (Wildman–Crippen LogP) is 17.2. The maximum Gasteiger partial charge on any atom is 0.362 e. The lowest BCUT2D eigenvalue weighted by atomic mass is 10.0. The van der Waals surface area contributed by atoms with E-state index in [-0.39, 0.29) is 36.2 Å². The summed E-state index contributed by atoms with van der Waals surface area (Å²) in [5, 5.41) is 9.67. The first-order valence-corrected chi connectivity index (χ1v) is 28.9. The van der Waals surface area contributed by atoms with Crippen LogP contribution in [0.1, 0.15) is 284 Å². The zero-order valence-corrected chi connectivity index (χ0v) is 45.1. The van der Waals surface area contributed by atoms with Gasteiger partial charge in [0.25, 0.3) is 0 Å². The van der Waals surface area contributed by atoms with E-state index in [1.807, 2.05) is 21.1 Å². The SMILES string of the molecule is CCCCC/C=C\C/C=C\CCCCCCCCCCCC(=O)OC(COCCC(C(=O)O)[N+](C)(C)C)COC(=O)CCCCCCCCCCCCCCCCCCCCCCCCCC. The van der Waals surface area contributed by atoms with E-state index in [9.17, 15) is 19.5 Å². The van der Waals surface area contributed by atoms with Crippen molar-refractivity contribution in [3.05, 3.63) is 24.3 Å². The number of carboxylic acids is 1. The van der Waals surface area contributed by atoms with Gasteiger partial charge in [0, 0.05) is 19.3 Å². The molecule has 8 heteroatoms. The Labute approximate surface area is 415 Å². The molecule has 1 N–H and O–H groups in total. The van der Waals surface area contributed by atoms with E-state index in [0.717, 1.165) is 44.9 Å². The molecule has 0 radical (unpaired) electrons. The Balaban J connectivity index is 4.12. The number of ether oxygens (including phenoxy) is 3. The number of aliphatic carboxylic acids is 1. The van der Waals surface area contributed by atoms with Crippen molar-refractivity contribution in [2.75, 3.05) is 41.0 Å². The Morgan fingerprint density at radius 2 is 0.791 bits per heavy atom. The van der Waals surface area contributed by atoms with Gasteiger partial charge in [-0.25, -0.2) is 4.79 Å². The molecule has 0 aromatic heterocycles. The molecule has 394 valence electrons. The molecule has 0 saturated carbocycles. The molecule has 2 unspecified atom stereocenters. The number of allylic oxidation sites excluding steroid dienone is 4. The number of carbonyl (C=O) groups excluding carboxylic acids is 2. The molecule has 0 aliphatic carbocycles. The minimum atomic E-state index is -0.871. The molecule has 0 heterocycles. The van der Waals surface area contributed by atoms with E-state index in [1.54, 1.807) is 0 Å². The van der Waals surface area contributed by atoms with Crippen LogP contribution in [0.3, 0.4) is 0 Å². The number of unbranched alkanes of at least 4 members (excludes halogenated alkanes) is 35. The number of carboxylic acid groups (broad SMARTS) is 1. The number of hydrogen-bond acceptors (Lipinski definition) is 6. The fourth-order valence-electron chi connectivity index (χ4n) is 8.89. The molecule has 0 amide bonds. The Morgan fingerprint density at radius 3 is 1.18 bits per heavy atom. The van der Waals surface area contributed by atoms with E-state index < -0.39 is 18.1 Å². The Kier molecular flexibility index (Phi) is 48.6. The first kappa shape index (κ1) is 64.8. The van der Waals surface area contributed by atoms with E-state index >= 15 is 0 Å². The van der Waals surface area contributed by atoms with Crippen LogP contribution >= 0.6 is 0 Å². The van der Waals surface area contributed by atoms with Crippen molar-refractivity contribution in [3.8, 4) is 0 Å². The van der Waals surface area contributed by atoms with Gasteiger partial charge in [-0.1, -0.05) is 244 Å². The van der Waals surface area contributed by atoms with Gasteiger partial charge in [-0.3, -0.25) is 9.59 Å². The summed E-state index contributed by atoms with van der Waals surface area (Å²) in [4.78, 5) is 37.3. The average Bonchev–Trinajstić information content (AvgIpc) is 3.29. The summed E-state index contributed by atoms with van der Waals surface area (Å²) < 4.78 is 17.4. The Hall–Kier alpha value is -2.19. The van der Waals surface area contributed by atoms with Crippen LogP contribution in [0.15, 0.2) is 24.3 Å². The third-order valence-electron chi connectivity index (χ3n) is 13.4. The van der Waals surface area contributed by atoms with Crippen LogP contribution in [0.5, 0.6) is 0 Å². The Bertz CT molecular complexity index is 1150. The number of hydrogen-bond donors (Lipinski definition) is 1. The van der Waals surface area contributed by atoms with Crippen LogP contribution in [0, 0.1) is 0 Å². The molecule has 67 heavy (non-hydrogen) atoms. The Morgan fingerprint density at radius 1 is 0.448 bits per heavy atom. The number of quaternary nitrogens is 1. The maximum atomic E-state index is 12.8. The third-order valence-corrected chi connectivity index (χ3v) is 13.4. The number of likely N-dealkylation sites (N-methyl/N-ethyl adjacent to an activating group) is 1. The lowest BCUT2D eigenvalue weighted by Gasteiger charge is -2.31. The van der Waals surface area contributed by atoms with Crippen molar-refractivity contribution < 1.29 is 38.2 Å². The molecule has 0 bridgehead atoms. The summed E-state index contributed by atoms with van der Waals surface area (Å²) >= 11 is 0. The van der Waals surface area contributed by atoms with Gasteiger partial charge in [-0.2, -0.15) is 0 Å². The highest BCUT2D eigenvalue weighted by atomic mass is 16.6. The number of esters is 2. The molecule has 0 aromatic rings. The van der Waals surface area contributed by atoms with Gasteiger partial charge in [-0.15, -0.1) is 0 Å². The monoisotopic (exact) mass is 947 g/mol. The molecule has 0 aliphatic rings. The van der Waals surface area contributed by atoms with Crippen LogP contribution in [0.2, 0.25) is 0 Å². The van der Waals surface area contributed by atoms with Crippen molar-refractivity contribution in [2.24, 2.45) is 0 Å². The van der Waals surface area contributed by atoms with E-state index in [1.165, 1.54) is 205 Å². The fraction of sp³-hybridized carbons (Fsp3) is 0.881. The molecular formula is C59H112NO7+. The first-order chi connectivity index (χ1) is 32.6. The van der Waals surface area contributed by atoms with Crippen molar-refractivity contribution in [2.45, 2.75) is 296 Å². The lowest BCUT2D eigenvalue weighted by Crippen LogP contribution is -2.50. The number of carbonyl (C=O) groups is 3. The molecule has 0 saturated heterocycles. The molecule has 0 rings (SSSR count). The van der Waals surface area contributed by atoms with E-state index in [2.05, 4.69) is 38.2 Å². The second kappa shape index (κ2) is 50.2.